The van der Waals surface area contributed by atoms with Gasteiger partial charge < -0.3 is 14.5 Å². The van der Waals surface area contributed by atoms with E-state index in [0.717, 1.165) is 16.9 Å². The molecule has 4 heterocycles. The minimum Gasteiger partial charge on any atom is -0.351 e. The molecular weight excluding hydrogens is 368 g/mol. The summed E-state index contributed by atoms with van der Waals surface area (Å²) in [6, 6.07) is 5.32. The predicted octanol–water partition coefficient (Wildman–Crippen LogP) is 2.44. The minimum absolute atomic E-state index is 0.0694. The third kappa shape index (κ3) is 2.53. The molecule has 5 rings (SSSR count). The zero-order valence-corrected chi connectivity index (χ0v) is 17.3. The van der Waals surface area contributed by atoms with E-state index in [4.69, 9.17) is 4.74 Å². The summed E-state index contributed by atoms with van der Waals surface area (Å²) >= 11 is 0. The van der Waals surface area contributed by atoms with Gasteiger partial charge >= 0.3 is 0 Å². The second-order valence-electron chi connectivity index (χ2n) is 8.80. The van der Waals surface area contributed by atoms with Crippen LogP contribution in [0.15, 0.2) is 18.2 Å². The number of aryl methyl sites for hydroxylation is 2. The molecule has 0 bridgehead atoms. The number of benzene rings is 1. The lowest BCUT2D eigenvalue weighted by molar-refractivity contribution is -0.139. The molecule has 1 spiro atoms. The van der Waals surface area contributed by atoms with E-state index >= 15 is 0 Å². The van der Waals surface area contributed by atoms with Gasteiger partial charge in [-0.3, -0.25) is 9.59 Å². The van der Waals surface area contributed by atoms with Crippen molar-refractivity contribution in [1.29, 1.82) is 0 Å². The molecule has 1 aromatic carbocycles. The zero-order chi connectivity index (χ0) is 20.5. The molecule has 2 aromatic rings. The van der Waals surface area contributed by atoms with E-state index in [1.807, 2.05) is 35.8 Å². The fourth-order valence-electron chi connectivity index (χ4n) is 5.14. The summed E-state index contributed by atoms with van der Waals surface area (Å²) in [5, 5.41) is 0. The second kappa shape index (κ2) is 6.23. The molecule has 0 N–H and O–H groups in total. The highest BCUT2D eigenvalue weighted by atomic mass is 16.5. The molecule has 0 aliphatic carbocycles. The molecule has 3 atom stereocenters. The van der Waals surface area contributed by atoms with Gasteiger partial charge in [0.1, 0.15) is 0 Å². The number of ether oxygens (including phenoxy) is 1. The van der Waals surface area contributed by atoms with E-state index < -0.39 is 5.72 Å². The molecule has 0 radical (unpaired) electrons. The quantitative estimate of drug-likeness (QED) is 0.782. The van der Waals surface area contributed by atoms with Crippen molar-refractivity contribution in [3.05, 3.63) is 35.2 Å². The molecule has 7 heteroatoms. The number of aromatic nitrogens is 2. The Balaban J connectivity index is 1.47. The van der Waals surface area contributed by atoms with Gasteiger partial charge in [-0.25, -0.2) is 9.97 Å². The number of carbonyl (C=O) groups is 2. The maximum Gasteiger partial charge on any atom is 0.254 e. The highest BCUT2D eigenvalue weighted by Crippen LogP contribution is 2.49. The lowest BCUT2D eigenvalue weighted by Crippen LogP contribution is -2.51. The Morgan fingerprint density at radius 1 is 1.21 bits per heavy atom. The van der Waals surface area contributed by atoms with Crippen LogP contribution in [0.2, 0.25) is 0 Å². The molecule has 0 unspecified atom stereocenters. The molecule has 29 heavy (non-hydrogen) atoms. The first-order valence-electron chi connectivity index (χ1n) is 10.3. The third-order valence-electron chi connectivity index (χ3n) is 6.84. The first-order valence-corrected chi connectivity index (χ1v) is 10.3. The Bertz CT molecular complexity index is 1040. The Morgan fingerprint density at radius 2 is 1.93 bits per heavy atom. The molecule has 0 saturated carbocycles. The number of hydrogen-bond donors (Lipinski definition) is 0. The molecule has 2 amide bonds. The Hall–Kier alpha value is -2.54. The summed E-state index contributed by atoms with van der Waals surface area (Å²) in [4.78, 5) is 39.1. The summed E-state index contributed by atoms with van der Waals surface area (Å²) in [6.45, 7) is 9.22. The molecule has 3 fully saturated rings. The Kier molecular flexibility index (Phi) is 3.97. The van der Waals surface area contributed by atoms with E-state index in [9.17, 15) is 9.59 Å². The number of likely N-dealkylation sites (tertiary alicyclic amines) is 1. The number of hydrogen-bond acceptors (Lipinski definition) is 5. The fourth-order valence-corrected chi connectivity index (χ4v) is 5.14. The van der Waals surface area contributed by atoms with Crippen LogP contribution >= 0.6 is 0 Å². The second-order valence-corrected chi connectivity index (χ2v) is 8.80. The maximum absolute atomic E-state index is 13.4. The largest absolute Gasteiger partial charge is 0.351 e. The van der Waals surface area contributed by atoms with Gasteiger partial charge in [-0.2, -0.15) is 0 Å². The number of rotatable bonds is 2. The minimum atomic E-state index is -0.647. The summed E-state index contributed by atoms with van der Waals surface area (Å²) in [7, 11) is 0. The van der Waals surface area contributed by atoms with Gasteiger partial charge in [0, 0.05) is 18.5 Å². The van der Waals surface area contributed by atoms with E-state index in [2.05, 4.69) is 23.8 Å². The van der Waals surface area contributed by atoms with Crippen molar-refractivity contribution < 1.29 is 14.3 Å². The first-order chi connectivity index (χ1) is 13.8. The number of amides is 2. The van der Waals surface area contributed by atoms with Crippen molar-refractivity contribution in [2.45, 2.75) is 58.3 Å². The summed E-state index contributed by atoms with van der Waals surface area (Å²) < 4.78 is 6.24. The highest BCUT2D eigenvalue weighted by Gasteiger charge is 2.65. The van der Waals surface area contributed by atoms with Crippen LogP contribution in [0.5, 0.6) is 0 Å². The van der Waals surface area contributed by atoms with E-state index in [-0.39, 0.29) is 23.9 Å². The van der Waals surface area contributed by atoms with E-state index in [1.165, 1.54) is 0 Å². The average molecular weight is 394 g/mol. The van der Waals surface area contributed by atoms with E-state index in [1.54, 1.807) is 6.07 Å². The summed E-state index contributed by atoms with van der Waals surface area (Å²) in [6.07, 6.45) is 1.00. The van der Waals surface area contributed by atoms with Gasteiger partial charge in [-0.1, -0.05) is 13.8 Å². The molecule has 152 valence electrons. The van der Waals surface area contributed by atoms with Crippen molar-refractivity contribution in [2.24, 2.45) is 5.92 Å². The van der Waals surface area contributed by atoms with Crippen LogP contribution in [-0.4, -0.2) is 62.5 Å². The van der Waals surface area contributed by atoms with Crippen LogP contribution in [-0.2, 0) is 9.53 Å². The van der Waals surface area contributed by atoms with Gasteiger partial charge in [0.2, 0.25) is 5.91 Å². The normalized spacial score (nSPS) is 28.5. The molecule has 3 saturated heterocycles. The summed E-state index contributed by atoms with van der Waals surface area (Å²) in [5.74, 6) is 0.354. The standard InChI is InChI=1S/C22H26N4O3/c1-12(2)18-11-29-22-7-8-25(19(22)10-20(27)26(18)22)21(28)15-5-6-16-17(9-15)24-14(4)13(3)23-16/h5-6,9,12,18-19H,7-8,10-11H2,1-4H3/t18-,19+,22-/m0/s1. The molecular formula is C22H26N4O3. The molecule has 3 aliphatic heterocycles. The van der Waals surface area contributed by atoms with Crippen LogP contribution in [0.25, 0.3) is 11.0 Å². The van der Waals surface area contributed by atoms with Crippen LogP contribution < -0.4 is 0 Å². The van der Waals surface area contributed by atoms with Crippen LogP contribution in [0.3, 0.4) is 0 Å². The number of carbonyl (C=O) groups excluding carboxylic acids is 2. The van der Waals surface area contributed by atoms with E-state index in [0.29, 0.717) is 43.0 Å². The SMILES string of the molecule is Cc1nc2ccc(C(=O)N3CC[C@@]45OC[C@@H](C(C)C)N4C(=O)C[C@@H]35)cc2nc1C. The van der Waals surface area contributed by atoms with Gasteiger partial charge in [0.05, 0.1) is 47.5 Å². The fraction of sp³-hybridized carbons (Fsp3) is 0.545. The lowest BCUT2D eigenvalue weighted by Gasteiger charge is -2.34. The highest BCUT2D eigenvalue weighted by molar-refractivity contribution is 5.98. The monoisotopic (exact) mass is 394 g/mol. The maximum atomic E-state index is 13.4. The van der Waals surface area contributed by atoms with Crippen LogP contribution in [0.1, 0.15) is 48.4 Å². The van der Waals surface area contributed by atoms with Gasteiger partial charge in [-0.15, -0.1) is 0 Å². The molecule has 1 aromatic heterocycles. The van der Waals surface area contributed by atoms with Crippen LogP contribution in [0, 0.1) is 19.8 Å². The molecule has 7 nitrogen and oxygen atoms in total. The Morgan fingerprint density at radius 3 is 2.66 bits per heavy atom. The van der Waals surface area contributed by atoms with Crippen molar-refractivity contribution in [1.82, 2.24) is 19.8 Å². The average Bonchev–Trinajstić information content (AvgIpc) is 3.31. The topological polar surface area (TPSA) is 75.6 Å². The summed E-state index contributed by atoms with van der Waals surface area (Å²) in [5.41, 5.74) is 3.18. The first kappa shape index (κ1) is 18.5. The van der Waals surface area contributed by atoms with Gasteiger partial charge in [0.25, 0.3) is 5.91 Å². The number of fused-ring (bicyclic) bond motifs is 1. The molecule has 3 aliphatic rings. The predicted molar refractivity (Wildman–Crippen MR) is 107 cm³/mol. The third-order valence-corrected chi connectivity index (χ3v) is 6.84. The van der Waals surface area contributed by atoms with Crippen LogP contribution in [0.4, 0.5) is 0 Å². The lowest BCUT2D eigenvalue weighted by atomic mass is 10.0. The van der Waals surface area contributed by atoms with Crippen molar-refractivity contribution in [3.63, 3.8) is 0 Å². The zero-order valence-electron chi connectivity index (χ0n) is 17.3. The van der Waals surface area contributed by atoms with Gasteiger partial charge in [0.15, 0.2) is 5.72 Å². The van der Waals surface area contributed by atoms with Gasteiger partial charge in [-0.05, 0) is 38.0 Å². The van der Waals surface area contributed by atoms with Crippen molar-refractivity contribution in [3.8, 4) is 0 Å². The van der Waals surface area contributed by atoms with Crippen molar-refractivity contribution in [2.75, 3.05) is 13.2 Å². The smallest absolute Gasteiger partial charge is 0.254 e. The van der Waals surface area contributed by atoms with Crippen molar-refractivity contribution >= 4 is 22.8 Å². The number of nitrogens with zero attached hydrogens (tertiary/aromatic N) is 4. The Labute approximate surface area is 170 Å².